The lowest BCUT2D eigenvalue weighted by molar-refractivity contribution is -0.115. The van der Waals surface area contributed by atoms with E-state index in [0.717, 1.165) is 27.0 Å². The lowest BCUT2D eigenvalue weighted by Gasteiger charge is -2.18. The van der Waals surface area contributed by atoms with Crippen molar-refractivity contribution in [3.8, 4) is 11.5 Å². The first-order chi connectivity index (χ1) is 10.6. The van der Waals surface area contributed by atoms with Crippen LogP contribution in [0.2, 0.25) is 0 Å². The number of anilines is 1. The van der Waals surface area contributed by atoms with Crippen LogP contribution in [-0.4, -0.2) is 19.1 Å². The van der Waals surface area contributed by atoms with E-state index in [4.69, 9.17) is 9.47 Å². The van der Waals surface area contributed by atoms with Crippen LogP contribution in [0.15, 0.2) is 40.9 Å². The molecule has 114 valence electrons. The molecule has 0 bridgehead atoms. The van der Waals surface area contributed by atoms with Gasteiger partial charge in [0, 0.05) is 10.2 Å². The standard InChI is InChI=1S/C17H16BrNO3/c1-11-2-4-13(10-14(11)18)19-17(20)9-12-3-5-15-16(8-12)22-7-6-21-15/h2-5,8,10H,6-7,9H2,1H3,(H,19,20). The normalized spacial score (nSPS) is 12.8. The van der Waals surface area contributed by atoms with Gasteiger partial charge in [-0.3, -0.25) is 4.79 Å². The highest BCUT2D eigenvalue weighted by Crippen LogP contribution is 2.31. The molecule has 0 fully saturated rings. The number of amides is 1. The maximum absolute atomic E-state index is 12.1. The van der Waals surface area contributed by atoms with Crippen molar-refractivity contribution in [2.45, 2.75) is 13.3 Å². The van der Waals surface area contributed by atoms with E-state index in [2.05, 4.69) is 21.2 Å². The first kappa shape index (κ1) is 14.9. The van der Waals surface area contributed by atoms with Crippen LogP contribution < -0.4 is 14.8 Å². The summed E-state index contributed by atoms with van der Waals surface area (Å²) in [6, 6.07) is 11.3. The number of carbonyl (C=O) groups excluding carboxylic acids is 1. The first-order valence-corrected chi connectivity index (χ1v) is 7.85. The zero-order valence-corrected chi connectivity index (χ0v) is 13.8. The number of rotatable bonds is 3. The minimum Gasteiger partial charge on any atom is -0.486 e. The number of carbonyl (C=O) groups is 1. The Morgan fingerprint density at radius 1 is 1.14 bits per heavy atom. The number of hydrogen-bond donors (Lipinski definition) is 1. The molecule has 0 aliphatic carbocycles. The Hall–Kier alpha value is -2.01. The molecule has 0 atom stereocenters. The number of aryl methyl sites for hydroxylation is 1. The monoisotopic (exact) mass is 361 g/mol. The molecule has 0 radical (unpaired) electrons. The van der Waals surface area contributed by atoms with Gasteiger partial charge in [0.2, 0.25) is 5.91 Å². The Labute approximate surface area is 137 Å². The minimum absolute atomic E-state index is 0.0626. The van der Waals surface area contributed by atoms with Crippen LogP contribution in [0.4, 0.5) is 5.69 Å². The van der Waals surface area contributed by atoms with E-state index in [0.29, 0.717) is 25.4 Å². The summed E-state index contributed by atoms with van der Waals surface area (Å²) >= 11 is 3.46. The summed E-state index contributed by atoms with van der Waals surface area (Å²) in [5.74, 6) is 1.37. The van der Waals surface area contributed by atoms with E-state index in [1.165, 1.54) is 0 Å². The number of nitrogens with one attached hydrogen (secondary N) is 1. The zero-order valence-electron chi connectivity index (χ0n) is 12.2. The molecule has 0 spiro atoms. The fraction of sp³-hybridized carbons (Fsp3) is 0.235. The highest BCUT2D eigenvalue weighted by Gasteiger charge is 2.13. The summed E-state index contributed by atoms with van der Waals surface area (Å²) < 4.78 is 12.0. The maximum Gasteiger partial charge on any atom is 0.228 e. The second-order valence-corrected chi connectivity index (χ2v) is 6.02. The van der Waals surface area contributed by atoms with Crippen molar-refractivity contribution < 1.29 is 14.3 Å². The van der Waals surface area contributed by atoms with Crippen LogP contribution in [0, 0.1) is 6.92 Å². The third-order valence-corrected chi connectivity index (χ3v) is 4.28. The number of hydrogen-bond acceptors (Lipinski definition) is 3. The fourth-order valence-electron chi connectivity index (χ4n) is 2.26. The molecule has 1 aliphatic heterocycles. The van der Waals surface area contributed by atoms with Crippen molar-refractivity contribution in [3.63, 3.8) is 0 Å². The summed E-state index contributed by atoms with van der Waals surface area (Å²) in [7, 11) is 0. The second-order valence-electron chi connectivity index (χ2n) is 5.17. The molecule has 0 aromatic heterocycles. The average molecular weight is 362 g/mol. The van der Waals surface area contributed by atoms with Crippen molar-refractivity contribution in [2.24, 2.45) is 0 Å². The summed E-state index contributed by atoms with van der Waals surface area (Å²) in [4.78, 5) is 12.1. The Kier molecular flexibility index (Phi) is 4.34. The molecule has 22 heavy (non-hydrogen) atoms. The van der Waals surface area contributed by atoms with E-state index in [1.807, 2.05) is 43.3 Å². The molecule has 2 aromatic carbocycles. The molecular weight excluding hydrogens is 346 g/mol. The third kappa shape index (κ3) is 3.42. The number of benzene rings is 2. The van der Waals surface area contributed by atoms with Gasteiger partial charge in [0.1, 0.15) is 13.2 Å². The van der Waals surface area contributed by atoms with Crippen LogP contribution >= 0.6 is 15.9 Å². The van der Waals surface area contributed by atoms with Crippen LogP contribution in [0.3, 0.4) is 0 Å². The molecule has 4 nitrogen and oxygen atoms in total. The molecule has 0 saturated heterocycles. The van der Waals surface area contributed by atoms with E-state index in [-0.39, 0.29) is 5.91 Å². The lowest BCUT2D eigenvalue weighted by Crippen LogP contribution is -2.17. The third-order valence-electron chi connectivity index (χ3n) is 3.43. The van der Waals surface area contributed by atoms with E-state index < -0.39 is 0 Å². The molecular formula is C17H16BrNO3. The number of fused-ring (bicyclic) bond motifs is 1. The molecule has 2 aromatic rings. The zero-order chi connectivity index (χ0) is 15.5. The van der Waals surface area contributed by atoms with Gasteiger partial charge in [-0.2, -0.15) is 0 Å². The van der Waals surface area contributed by atoms with Crippen LogP contribution in [0.1, 0.15) is 11.1 Å². The summed E-state index contributed by atoms with van der Waals surface area (Å²) in [6.07, 6.45) is 0.294. The molecule has 0 saturated carbocycles. The molecule has 1 N–H and O–H groups in total. The molecule has 1 heterocycles. The predicted molar refractivity (Wildman–Crippen MR) is 88.6 cm³/mol. The van der Waals surface area contributed by atoms with Crippen LogP contribution in [-0.2, 0) is 11.2 Å². The average Bonchev–Trinajstić information content (AvgIpc) is 2.51. The lowest BCUT2D eigenvalue weighted by atomic mass is 10.1. The summed E-state index contributed by atoms with van der Waals surface area (Å²) in [5, 5.41) is 2.90. The molecule has 5 heteroatoms. The predicted octanol–water partition coefficient (Wildman–Crippen LogP) is 3.71. The minimum atomic E-state index is -0.0626. The van der Waals surface area contributed by atoms with Crippen molar-refractivity contribution in [1.82, 2.24) is 0 Å². The van der Waals surface area contributed by atoms with Gasteiger partial charge in [0.05, 0.1) is 6.42 Å². The first-order valence-electron chi connectivity index (χ1n) is 7.06. The highest BCUT2D eigenvalue weighted by molar-refractivity contribution is 9.10. The van der Waals surface area contributed by atoms with E-state index in [9.17, 15) is 4.79 Å². The van der Waals surface area contributed by atoms with E-state index in [1.54, 1.807) is 0 Å². The van der Waals surface area contributed by atoms with E-state index >= 15 is 0 Å². The quantitative estimate of drug-likeness (QED) is 0.906. The Balaban J connectivity index is 1.67. The van der Waals surface area contributed by atoms with Gasteiger partial charge in [0.25, 0.3) is 0 Å². The molecule has 1 aliphatic rings. The van der Waals surface area contributed by atoms with Gasteiger partial charge in [-0.05, 0) is 42.3 Å². The van der Waals surface area contributed by atoms with Gasteiger partial charge in [0.15, 0.2) is 11.5 Å². The largest absolute Gasteiger partial charge is 0.486 e. The van der Waals surface area contributed by atoms with Crippen molar-refractivity contribution in [3.05, 3.63) is 52.0 Å². The maximum atomic E-state index is 12.1. The Morgan fingerprint density at radius 3 is 2.68 bits per heavy atom. The SMILES string of the molecule is Cc1ccc(NC(=O)Cc2ccc3c(c2)OCCO3)cc1Br. The molecule has 1 amide bonds. The highest BCUT2D eigenvalue weighted by atomic mass is 79.9. The van der Waals surface area contributed by atoms with Crippen LogP contribution in [0.25, 0.3) is 0 Å². The smallest absolute Gasteiger partial charge is 0.228 e. The Bertz CT molecular complexity index is 715. The van der Waals surface area contributed by atoms with Crippen molar-refractivity contribution >= 4 is 27.5 Å². The Morgan fingerprint density at radius 2 is 1.91 bits per heavy atom. The van der Waals surface area contributed by atoms with Gasteiger partial charge < -0.3 is 14.8 Å². The van der Waals surface area contributed by atoms with Crippen molar-refractivity contribution in [2.75, 3.05) is 18.5 Å². The van der Waals surface area contributed by atoms with Gasteiger partial charge in [-0.25, -0.2) is 0 Å². The van der Waals surface area contributed by atoms with Crippen molar-refractivity contribution in [1.29, 1.82) is 0 Å². The van der Waals surface area contributed by atoms with Gasteiger partial charge in [-0.15, -0.1) is 0 Å². The van der Waals surface area contributed by atoms with Gasteiger partial charge in [-0.1, -0.05) is 28.1 Å². The summed E-state index contributed by atoms with van der Waals surface area (Å²) in [6.45, 7) is 3.11. The summed E-state index contributed by atoms with van der Waals surface area (Å²) in [5.41, 5.74) is 2.80. The number of halogens is 1. The van der Waals surface area contributed by atoms with Gasteiger partial charge >= 0.3 is 0 Å². The molecule has 0 unspecified atom stereocenters. The molecule has 3 rings (SSSR count). The van der Waals surface area contributed by atoms with Crippen LogP contribution in [0.5, 0.6) is 11.5 Å². The fourth-order valence-corrected chi connectivity index (χ4v) is 2.64. The number of ether oxygens (including phenoxy) is 2. The topological polar surface area (TPSA) is 47.6 Å². The second kappa shape index (κ2) is 6.40.